The highest BCUT2D eigenvalue weighted by Crippen LogP contribution is 2.24. The van der Waals surface area contributed by atoms with Gasteiger partial charge in [-0.05, 0) is 29.8 Å². The van der Waals surface area contributed by atoms with E-state index < -0.39 is 11.9 Å². The molecular formula is C21H15ClN2O3. The molecule has 2 heterocycles. The van der Waals surface area contributed by atoms with Crippen molar-refractivity contribution in [3.05, 3.63) is 88.8 Å². The number of hydrogen-bond donors (Lipinski definition) is 1. The van der Waals surface area contributed by atoms with Crippen LogP contribution in [-0.4, -0.2) is 16.8 Å². The summed E-state index contributed by atoms with van der Waals surface area (Å²) in [4.78, 5) is 25.9. The lowest BCUT2D eigenvalue weighted by Gasteiger charge is -2.11. The Morgan fingerprint density at radius 3 is 2.44 bits per heavy atom. The summed E-state index contributed by atoms with van der Waals surface area (Å²) < 4.78 is 5.77. The highest BCUT2D eigenvalue weighted by Gasteiger charge is 2.33. The third-order valence-corrected chi connectivity index (χ3v) is 4.44. The highest BCUT2D eigenvalue weighted by molar-refractivity contribution is 6.30. The zero-order chi connectivity index (χ0) is 18.8. The van der Waals surface area contributed by atoms with E-state index in [-0.39, 0.29) is 12.2 Å². The number of furan rings is 1. The van der Waals surface area contributed by atoms with Crippen molar-refractivity contribution < 1.29 is 14.0 Å². The summed E-state index contributed by atoms with van der Waals surface area (Å²) in [6, 6.07) is 19.8. The number of halogens is 1. The standard InChI is InChI=1S/C21H15ClN2O3/c22-16-8-6-14(7-9-16)13-24-20(25)18(23-21(24)26)12-17-10-11-19(27-17)15-4-2-1-3-5-15/h1-12H,13H2,(H,23,26)/b18-12-. The highest BCUT2D eigenvalue weighted by atomic mass is 35.5. The molecule has 2 aromatic carbocycles. The lowest BCUT2D eigenvalue weighted by Crippen LogP contribution is -2.30. The second-order valence-electron chi connectivity index (χ2n) is 6.07. The van der Waals surface area contributed by atoms with E-state index in [0.29, 0.717) is 16.5 Å². The van der Waals surface area contributed by atoms with Gasteiger partial charge in [0.1, 0.15) is 17.2 Å². The van der Waals surface area contributed by atoms with Gasteiger partial charge in [-0.25, -0.2) is 4.79 Å². The SMILES string of the molecule is O=C1N/C(=C\c2ccc(-c3ccccc3)o2)C(=O)N1Cc1ccc(Cl)cc1. The molecular weight excluding hydrogens is 364 g/mol. The summed E-state index contributed by atoms with van der Waals surface area (Å²) in [5.41, 5.74) is 1.93. The maximum Gasteiger partial charge on any atom is 0.329 e. The number of rotatable bonds is 4. The van der Waals surface area contributed by atoms with Crippen LogP contribution in [0.1, 0.15) is 11.3 Å². The van der Waals surface area contributed by atoms with Crippen LogP contribution >= 0.6 is 11.6 Å². The minimum absolute atomic E-state index is 0.173. The molecule has 1 saturated heterocycles. The second kappa shape index (κ2) is 7.13. The minimum Gasteiger partial charge on any atom is -0.457 e. The van der Waals surface area contributed by atoms with Crippen LogP contribution in [0, 0.1) is 0 Å². The fraction of sp³-hybridized carbons (Fsp3) is 0.0476. The zero-order valence-electron chi connectivity index (χ0n) is 14.2. The number of amides is 3. The van der Waals surface area contributed by atoms with Crippen molar-refractivity contribution >= 4 is 29.6 Å². The topological polar surface area (TPSA) is 62.6 Å². The van der Waals surface area contributed by atoms with E-state index in [1.807, 2.05) is 36.4 Å². The van der Waals surface area contributed by atoms with Crippen LogP contribution in [0.5, 0.6) is 0 Å². The Labute approximate surface area is 160 Å². The first kappa shape index (κ1) is 17.1. The van der Waals surface area contributed by atoms with Crippen LogP contribution < -0.4 is 5.32 Å². The molecule has 0 aliphatic carbocycles. The van der Waals surface area contributed by atoms with Crippen molar-refractivity contribution in [2.45, 2.75) is 6.54 Å². The number of nitrogens with one attached hydrogen (secondary N) is 1. The predicted octanol–water partition coefficient (Wildman–Crippen LogP) is 4.69. The molecule has 0 bridgehead atoms. The molecule has 1 N–H and O–H groups in total. The Balaban J connectivity index is 1.53. The number of benzene rings is 2. The molecule has 0 atom stereocenters. The van der Waals surface area contributed by atoms with Gasteiger partial charge in [0.15, 0.2) is 0 Å². The first-order valence-electron chi connectivity index (χ1n) is 8.34. The van der Waals surface area contributed by atoms with E-state index in [2.05, 4.69) is 5.32 Å². The quantitative estimate of drug-likeness (QED) is 0.529. The van der Waals surface area contributed by atoms with E-state index in [4.69, 9.17) is 16.0 Å². The van der Waals surface area contributed by atoms with Crippen LogP contribution in [-0.2, 0) is 11.3 Å². The maximum absolute atomic E-state index is 12.6. The molecule has 6 heteroatoms. The van der Waals surface area contributed by atoms with Gasteiger partial charge < -0.3 is 9.73 Å². The van der Waals surface area contributed by atoms with Crippen LogP contribution in [0.4, 0.5) is 4.79 Å². The first-order valence-corrected chi connectivity index (χ1v) is 8.72. The molecule has 5 nitrogen and oxygen atoms in total. The molecule has 3 amide bonds. The number of urea groups is 1. The summed E-state index contributed by atoms with van der Waals surface area (Å²) >= 11 is 5.87. The molecule has 0 unspecified atom stereocenters. The van der Waals surface area contributed by atoms with E-state index in [0.717, 1.165) is 16.0 Å². The predicted molar refractivity (Wildman–Crippen MR) is 103 cm³/mol. The molecule has 1 aliphatic rings. The normalized spacial score (nSPS) is 15.4. The van der Waals surface area contributed by atoms with Crippen molar-refractivity contribution in [1.82, 2.24) is 10.2 Å². The van der Waals surface area contributed by atoms with Crippen molar-refractivity contribution in [2.24, 2.45) is 0 Å². The van der Waals surface area contributed by atoms with Crippen molar-refractivity contribution in [3.63, 3.8) is 0 Å². The average Bonchev–Trinajstić information content (AvgIpc) is 3.25. The lowest BCUT2D eigenvalue weighted by molar-refractivity contribution is -0.123. The van der Waals surface area contributed by atoms with Gasteiger partial charge >= 0.3 is 6.03 Å². The smallest absolute Gasteiger partial charge is 0.329 e. The second-order valence-corrected chi connectivity index (χ2v) is 6.51. The summed E-state index contributed by atoms with van der Waals surface area (Å²) in [6.07, 6.45) is 1.54. The van der Waals surface area contributed by atoms with Crippen molar-refractivity contribution in [2.75, 3.05) is 0 Å². The van der Waals surface area contributed by atoms with Crippen molar-refractivity contribution in [3.8, 4) is 11.3 Å². The molecule has 3 aromatic rings. The molecule has 134 valence electrons. The molecule has 0 spiro atoms. The fourth-order valence-corrected chi connectivity index (χ4v) is 2.94. The monoisotopic (exact) mass is 378 g/mol. The summed E-state index contributed by atoms with van der Waals surface area (Å²) in [5, 5.41) is 3.20. The molecule has 4 rings (SSSR count). The van der Waals surface area contributed by atoms with E-state index in [1.54, 1.807) is 30.3 Å². The van der Waals surface area contributed by atoms with Gasteiger partial charge in [0.25, 0.3) is 5.91 Å². The van der Waals surface area contributed by atoms with Crippen LogP contribution in [0.15, 0.2) is 76.8 Å². The number of hydrogen-bond acceptors (Lipinski definition) is 3. The van der Waals surface area contributed by atoms with Gasteiger partial charge in [-0.1, -0.05) is 54.1 Å². The number of carbonyl (C=O) groups is 2. The lowest BCUT2D eigenvalue weighted by atomic mass is 10.2. The molecule has 27 heavy (non-hydrogen) atoms. The van der Waals surface area contributed by atoms with Crippen molar-refractivity contribution in [1.29, 1.82) is 0 Å². The molecule has 0 radical (unpaired) electrons. The third-order valence-electron chi connectivity index (χ3n) is 4.19. The largest absolute Gasteiger partial charge is 0.457 e. The van der Waals surface area contributed by atoms with E-state index in [9.17, 15) is 9.59 Å². The van der Waals surface area contributed by atoms with E-state index >= 15 is 0 Å². The Morgan fingerprint density at radius 1 is 0.963 bits per heavy atom. The Bertz CT molecular complexity index is 1020. The van der Waals surface area contributed by atoms with Gasteiger partial charge in [-0.3, -0.25) is 9.69 Å². The maximum atomic E-state index is 12.6. The van der Waals surface area contributed by atoms with Crippen LogP contribution in [0.25, 0.3) is 17.4 Å². The van der Waals surface area contributed by atoms with Gasteiger partial charge in [-0.15, -0.1) is 0 Å². The Hall–Kier alpha value is -3.31. The summed E-state index contributed by atoms with van der Waals surface area (Å²) in [5.74, 6) is 0.788. The Morgan fingerprint density at radius 2 is 1.70 bits per heavy atom. The molecule has 1 aromatic heterocycles. The van der Waals surface area contributed by atoms with Crippen LogP contribution in [0.3, 0.4) is 0 Å². The number of imide groups is 1. The van der Waals surface area contributed by atoms with E-state index in [1.165, 1.54) is 6.08 Å². The Kier molecular flexibility index (Phi) is 4.52. The van der Waals surface area contributed by atoms with Gasteiger partial charge in [0.2, 0.25) is 0 Å². The average molecular weight is 379 g/mol. The van der Waals surface area contributed by atoms with Gasteiger partial charge in [0, 0.05) is 16.7 Å². The molecule has 1 fully saturated rings. The number of carbonyl (C=O) groups excluding carboxylic acids is 2. The zero-order valence-corrected chi connectivity index (χ0v) is 14.9. The van der Waals surface area contributed by atoms with Crippen LogP contribution in [0.2, 0.25) is 5.02 Å². The third kappa shape index (κ3) is 3.64. The number of nitrogens with zero attached hydrogens (tertiary/aromatic N) is 1. The fourth-order valence-electron chi connectivity index (χ4n) is 2.82. The minimum atomic E-state index is -0.462. The van der Waals surface area contributed by atoms with Gasteiger partial charge in [0.05, 0.1) is 6.54 Å². The first-order chi connectivity index (χ1) is 13.1. The van der Waals surface area contributed by atoms with Gasteiger partial charge in [-0.2, -0.15) is 0 Å². The molecule has 0 saturated carbocycles. The summed E-state index contributed by atoms with van der Waals surface area (Å²) in [7, 11) is 0. The summed E-state index contributed by atoms with van der Waals surface area (Å²) in [6.45, 7) is 0.173. The molecule has 1 aliphatic heterocycles.